The molecule has 0 aromatic rings. The minimum Gasteiger partial charge on any atom is -0.375 e. The van der Waals surface area contributed by atoms with Gasteiger partial charge in [-0.3, -0.25) is 15.1 Å². The van der Waals surface area contributed by atoms with Gasteiger partial charge in [-0.2, -0.15) is 18.7 Å². The molecule has 0 aromatic carbocycles. The van der Waals surface area contributed by atoms with Crippen LogP contribution in [0.2, 0.25) is 0 Å². The van der Waals surface area contributed by atoms with E-state index in [4.69, 9.17) is 9.57 Å². The van der Waals surface area contributed by atoms with Crippen molar-refractivity contribution in [2.75, 3.05) is 26.2 Å². The van der Waals surface area contributed by atoms with Crippen LogP contribution in [0, 0.1) is 0 Å². The Kier molecular flexibility index (Phi) is 6.16. The molecule has 3 fully saturated rings. The van der Waals surface area contributed by atoms with Crippen LogP contribution >= 0.6 is 0 Å². The molecule has 3 heterocycles. The molecule has 3 rings (SSSR count). The second-order valence-corrected chi connectivity index (χ2v) is 6.85. The van der Waals surface area contributed by atoms with E-state index in [9.17, 15) is 18.0 Å². The Balaban J connectivity index is 1.35. The van der Waals surface area contributed by atoms with Gasteiger partial charge >= 0.3 is 6.18 Å². The number of carbonyl (C=O) groups excluding carboxylic acids is 1. The number of carbonyl (C=O) groups is 1. The van der Waals surface area contributed by atoms with E-state index in [1.165, 1.54) is 0 Å². The van der Waals surface area contributed by atoms with Gasteiger partial charge in [0.05, 0.1) is 12.1 Å². The number of amides is 1. The summed E-state index contributed by atoms with van der Waals surface area (Å²) in [4.78, 5) is 17.8. The Labute approximate surface area is 144 Å². The van der Waals surface area contributed by atoms with Crippen LogP contribution in [0.15, 0.2) is 0 Å². The first kappa shape index (κ1) is 18.8. The number of ether oxygens (including phenoxy) is 1. The fourth-order valence-corrected chi connectivity index (χ4v) is 3.46. The Bertz CT molecular complexity index is 460. The fourth-order valence-electron chi connectivity index (χ4n) is 3.46. The summed E-state index contributed by atoms with van der Waals surface area (Å²) in [6.07, 6.45) is -2.43. The molecule has 0 bridgehead atoms. The molecule has 25 heavy (non-hydrogen) atoms. The van der Waals surface area contributed by atoms with Crippen LogP contribution in [0.1, 0.15) is 32.1 Å². The van der Waals surface area contributed by atoms with Crippen molar-refractivity contribution in [2.24, 2.45) is 0 Å². The second kappa shape index (κ2) is 8.17. The number of hydrogen-bond acceptors (Lipinski definition) is 6. The maximum Gasteiger partial charge on any atom is 0.389 e. The Morgan fingerprint density at radius 3 is 2.88 bits per heavy atom. The zero-order valence-corrected chi connectivity index (χ0v) is 14.0. The zero-order chi connectivity index (χ0) is 17.9. The van der Waals surface area contributed by atoms with Crippen LogP contribution in [0.25, 0.3) is 0 Å². The predicted octanol–water partition coefficient (Wildman–Crippen LogP) is 0.475. The third kappa shape index (κ3) is 5.52. The Morgan fingerprint density at radius 2 is 2.16 bits per heavy atom. The van der Waals surface area contributed by atoms with E-state index >= 15 is 0 Å². The lowest BCUT2D eigenvalue weighted by atomic mass is 10.0. The van der Waals surface area contributed by atoms with Crippen LogP contribution in [0.5, 0.6) is 0 Å². The van der Waals surface area contributed by atoms with Crippen LogP contribution in [-0.4, -0.2) is 67.6 Å². The first-order chi connectivity index (χ1) is 11.9. The molecule has 7 nitrogen and oxygen atoms in total. The number of hydroxylamine groups is 1. The smallest absolute Gasteiger partial charge is 0.375 e. The molecule has 4 unspecified atom stereocenters. The highest BCUT2D eigenvalue weighted by molar-refractivity contribution is 5.82. The number of rotatable bonds is 6. The quantitative estimate of drug-likeness (QED) is 0.635. The van der Waals surface area contributed by atoms with Gasteiger partial charge in [0.2, 0.25) is 5.91 Å². The lowest BCUT2D eigenvalue weighted by molar-refractivity contribution is -0.136. The van der Waals surface area contributed by atoms with Crippen LogP contribution < -0.4 is 16.2 Å². The molecule has 3 saturated heterocycles. The number of hydrazine groups is 1. The van der Waals surface area contributed by atoms with E-state index in [2.05, 4.69) is 16.2 Å². The SMILES string of the molecule is O=C(NC1CNN(CCCC(F)(F)F)C1)C1CC(C2CCCO2)ON1. The third-order valence-electron chi connectivity index (χ3n) is 4.76. The Morgan fingerprint density at radius 1 is 1.32 bits per heavy atom. The molecule has 3 aliphatic heterocycles. The molecule has 0 aromatic heterocycles. The highest BCUT2D eigenvalue weighted by Gasteiger charge is 2.38. The summed E-state index contributed by atoms with van der Waals surface area (Å²) in [6, 6.07) is -0.546. The molecular weight excluding hydrogens is 341 g/mol. The van der Waals surface area contributed by atoms with Crippen molar-refractivity contribution in [1.82, 2.24) is 21.2 Å². The number of nitrogens with one attached hydrogen (secondary N) is 3. The van der Waals surface area contributed by atoms with Gasteiger partial charge in [-0.25, -0.2) is 5.01 Å². The van der Waals surface area contributed by atoms with E-state index in [1.54, 1.807) is 5.01 Å². The third-order valence-corrected chi connectivity index (χ3v) is 4.76. The molecule has 10 heteroatoms. The molecule has 1 amide bonds. The summed E-state index contributed by atoms with van der Waals surface area (Å²) in [5.74, 6) is -0.149. The largest absolute Gasteiger partial charge is 0.389 e. The summed E-state index contributed by atoms with van der Waals surface area (Å²) in [6.45, 7) is 2.05. The maximum atomic E-state index is 12.3. The lowest BCUT2D eigenvalue weighted by Crippen LogP contribution is -2.47. The topological polar surface area (TPSA) is 74.9 Å². The average molecular weight is 366 g/mol. The van der Waals surface area contributed by atoms with Gasteiger partial charge < -0.3 is 10.1 Å². The molecule has 0 aliphatic carbocycles. The van der Waals surface area contributed by atoms with Gasteiger partial charge in [0.15, 0.2) is 0 Å². The Hall–Kier alpha value is -0.940. The molecule has 0 radical (unpaired) electrons. The summed E-state index contributed by atoms with van der Waals surface area (Å²) >= 11 is 0. The van der Waals surface area contributed by atoms with E-state index in [1.807, 2.05) is 0 Å². The highest BCUT2D eigenvalue weighted by atomic mass is 19.4. The van der Waals surface area contributed by atoms with E-state index in [0.717, 1.165) is 19.4 Å². The molecule has 3 aliphatic rings. The van der Waals surface area contributed by atoms with Crippen molar-refractivity contribution in [3.05, 3.63) is 0 Å². The van der Waals surface area contributed by atoms with Gasteiger partial charge in [0, 0.05) is 39.1 Å². The van der Waals surface area contributed by atoms with E-state index in [0.29, 0.717) is 26.1 Å². The van der Waals surface area contributed by atoms with Crippen molar-refractivity contribution in [3.8, 4) is 0 Å². The van der Waals surface area contributed by atoms with Gasteiger partial charge in [-0.15, -0.1) is 0 Å². The summed E-state index contributed by atoms with van der Waals surface area (Å²) in [5, 5.41) is 4.65. The summed E-state index contributed by atoms with van der Waals surface area (Å²) < 4.78 is 42.1. The molecule has 4 atom stereocenters. The van der Waals surface area contributed by atoms with Gasteiger partial charge in [-0.05, 0) is 19.3 Å². The normalized spacial score (nSPS) is 33.9. The van der Waals surface area contributed by atoms with Crippen LogP contribution in [-0.2, 0) is 14.4 Å². The number of halogens is 3. The van der Waals surface area contributed by atoms with Gasteiger partial charge in [0.25, 0.3) is 0 Å². The fraction of sp³-hybridized carbons (Fsp3) is 0.933. The minimum atomic E-state index is -4.12. The lowest BCUT2D eigenvalue weighted by Gasteiger charge is -2.17. The second-order valence-electron chi connectivity index (χ2n) is 6.85. The number of hydrogen-bond donors (Lipinski definition) is 3. The highest BCUT2D eigenvalue weighted by Crippen LogP contribution is 2.24. The average Bonchev–Trinajstić information content (AvgIpc) is 3.27. The summed E-state index contributed by atoms with van der Waals surface area (Å²) in [5.41, 5.74) is 5.79. The molecule has 0 spiro atoms. The first-order valence-electron chi connectivity index (χ1n) is 8.79. The van der Waals surface area contributed by atoms with Crippen molar-refractivity contribution >= 4 is 5.91 Å². The van der Waals surface area contributed by atoms with Crippen molar-refractivity contribution in [3.63, 3.8) is 0 Å². The standard InChI is InChI=1S/C15H25F3N4O3/c16-15(17,18)4-2-5-22-9-10(8-19-22)20-14(23)11-7-13(25-21-11)12-3-1-6-24-12/h10-13,19,21H,1-9H2,(H,20,23). The molecule has 3 N–H and O–H groups in total. The van der Waals surface area contributed by atoms with Crippen molar-refractivity contribution in [2.45, 2.75) is 62.6 Å². The first-order valence-corrected chi connectivity index (χ1v) is 8.79. The van der Waals surface area contributed by atoms with Crippen LogP contribution in [0.3, 0.4) is 0 Å². The number of nitrogens with zero attached hydrogens (tertiary/aromatic N) is 1. The van der Waals surface area contributed by atoms with E-state index < -0.39 is 18.6 Å². The molecule has 0 saturated carbocycles. The van der Waals surface area contributed by atoms with E-state index in [-0.39, 0.29) is 30.6 Å². The molecule has 144 valence electrons. The van der Waals surface area contributed by atoms with Gasteiger partial charge in [0.1, 0.15) is 12.1 Å². The minimum absolute atomic E-state index is 0.0399. The maximum absolute atomic E-state index is 12.3. The monoisotopic (exact) mass is 366 g/mol. The van der Waals surface area contributed by atoms with Crippen molar-refractivity contribution < 1.29 is 27.5 Å². The van der Waals surface area contributed by atoms with Gasteiger partial charge in [-0.1, -0.05) is 0 Å². The number of alkyl halides is 3. The van der Waals surface area contributed by atoms with Crippen LogP contribution in [0.4, 0.5) is 13.2 Å². The predicted molar refractivity (Wildman–Crippen MR) is 82.2 cm³/mol. The van der Waals surface area contributed by atoms with Crippen molar-refractivity contribution in [1.29, 1.82) is 0 Å². The zero-order valence-electron chi connectivity index (χ0n) is 14.0. The molecular formula is C15H25F3N4O3. The summed E-state index contributed by atoms with van der Waals surface area (Å²) in [7, 11) is 0.